The van der Waals surface area contributed by atoms with E-state index in [1.54, 1.807) is 18.3 Å². The zero-order valence-corrected chi connectivity index (χ0v) is 6.05. The van der Waals surface area contributed by atoms with Gasteiger partial charge >= 0.3 is 0 Å². The van der Waals surface area contributed by atoms with Gasteiger partial charge in [-0.25, -0.2) is 4.98 Å². The monoisotopic (exact) mass is 154 g/mol. The van der Waals surface area contributed by atoms with Crippen molar-refractivity contribution in [1.29, 1.82) is 0 Å². The number of halogens is 1. The first-order valence-corrected chi connectivity index (χ1v) is 3.20. The van der Waals surface area contributed by atoms with E-state index in [1.807, 2.05) is 6.07 Å². The van der Waals surface area contributed by atoms with E-state index in [0.29, 0.717) is 5.15 Å². The van der Waals surface area contributed by atoms with E-state index in [2.05, 4.69) is 4.98 Å². The first-order valence-electron chi connectivity index (χ1n) is 2.83. The molecule has 0 amide bonds. The number of hydrogen-bond donors (Lipinski definition) is 1. The van der Waals surface area contributed by atoms with E-state index in [9.17, 15) is 0 Å². The van der Waals surface area contributed by atoms with E-state index in [1.165, 1.54) is 6.20 Å². The third-order valence-electron chi connectivity index (χ3n) is 1.04. The first kappa shape index (κ1) is 7.09. The number of nitrogens with zero attached hydrogens (tertiary/aromatic N) is 1. The fourth-order valence-corrected chi connectivity index (χ4v) is 0.709. The summed E-state index contributed by atoms with van der Waals surface area (Å²) in [5.41, 5.74) is 6.11. The van der Waals surface area contributed by atoms with Crippen LogP contribution >= 0.6 is 11.6 Å². The minimum atomic E-state index is 0.495. The highest BCUT2D eigenvalue weighted by molar-refractivity contribution is 6.29. The van der Waals surface area contributed by atoms with Crippen molar-refractivity contribution in [2.45, 2.75) is 0 Å². The summed E-state index contributed by atoms with van der Waals surface area (Å²) in [7, 11) is 0. The van der Waals surface area contributed by atoms with Crippen molar-refractivity contribution in [2.24, 2.45) is 5.73 Å². The predicted molar refractivity (Wildman–Crippen MR) is 42.5 cm³/mol. The molecule has 0 atom stereocenters. The average molecular weight is 155 g/mol. The highest BCUT2D eigenvalue weighted by Crippen LogP contribution is 2.05. The summed E-state index contributed by atoms with van der Waals surface area (Å²) in [5.74, 6) is 0. The van der Waals surface area contributed by atoms with Crippen molar-refractivity contribution < 1.29 is 0 Å². The number of pyridine rings is 1. The van der Waals surface area contributed by atoms with E-state index >= 15 is 0 Å². The summed E-state index contributed by atoms with van der Waals surface area (Å²) < 4.78 is 0. The van der Waals surface area contributed by atoms with Crippen LogP contribution in [0.3, 0.4) is 0 Å². The number of nitrogens with two attached hydrogens (primary N) is 1. The van der Waals surface area contributed by atoms with Crippen LogP contribution in [-0.4, -0.2) is 4.98 Å². The Labute approximate surface area is 64.3 Å². The van der Waals surface area contributed by atoms with Crippen LogP contribution in [0.2, 0.25) is 5.15 Å². The van der Waals surface area contributed by atoms with Gasteiger partial charge in [-0.2, -0.15) is 0 Å². The van der Waals surface area contributed by atoms with Gasteiger partial charge in [0.1, 0.15) is 5.15 Å². The van der Waals surface area contributed by atoms with Gasteiger partial charge in [-0.15, -0.1) is 0 Å². The van der Waals surface area contributed by atoms with Crippen molar-refractivity contribution in [3.63, 3.8) is 0 Å². The van der Waals surface area contributed by atoms with E-state index in [-0.39, 0.29) is 0 Å². The molecule has 0 unspecified atom stereocenters. The average Bonchev–Trinajstić information content (AvgIpc) is 1.95. The van der Waals surface area contributed by atoms with Crippen LogP contribution in [0.1, 0.15) is 5.56 Å². The Morgan fingerprint density at radius 2 is 2.30 bits per heavy atom. The summed E-state index contributed by atoms with van der Waals surface area (Å²) in [6.07, 6.45) is 4.87. The van der Waals surface area contributed by atoms with Crippen LogP contribution in [0.4, 0.5) is 0 Å². The van der Waals surface area contributed by atoms with Crippen molar-refractivity contribution in [3.8, 4) is 0 Å². The summed E-state index contributed by atoms with van der Waals surface area (Å²) in [4.78, 5) is 3.86. The molecule has 3 heteroatoms. The molecule has 52 valence electrons. The Morgan fingerprint density at radius 3 is 2.80 bits per heavy atom. The fraction of sp³-hybridized carbons (Fsp3) is 0. The molecular weight excluding hydrogens is 148 g/mol. The third-order valence-corrected chi connectivity index (χ3v) is 1.26. The molecule has 0 aliphatic heterocycles. The molecule has 0 aliphatic rings. The van der Waals surface area contributed by atoms with Crippen LogP contribution in [0, 0.1) is 0 Å². The molecule has 0 fully saturated rings. The maximum atomic E-state index is 5.55. The lowest BCUT2D eigenvalue weighted by molar-refractivity contribution is 1.32. The Bertz CT molecular complexity index is 228. The fourth-order valence-electron chi connectivity index (χ4n) is 0.597. The molecule has 1 aromatic rings. The van der Waals surface area contributed by atoms with Crippen LogP contribution in [-0.2, 0) is 0 Å². The Hall–Kier alpha value is -1.02. The van der Waals surface area contributed by atoms with E-state index < -0.39 is 0 Å². The number of hydrogen-bond acceptors (Lipinski definition) is 2. The standard InChI is InChI=1S/C7H7ClN2/c8-7-2-1-6(3-4-9)5-10-7/h1-5H,9H2. The van der Waals surface area contributed by atoms with Gasteiger partial charge in [0.2, 0.25) is 0 Å². The maximum Gasteiger partial charge on any atom is 0.129 e. The van der Waals surface area contributed by atoms with Gasteiger partial charge < -0.3 is 5.73 Å². The molecule has 10 heavy (non-hydrogen) atoms. The molecule has 0 spiro atoms. The second-order valence-electron chi connectivity index (χ2n) is 1.77. The lowest BCUT2D eigenvalue weighted by Gasteiger charge is -1.90. The smallest absolute Gasteiger partial charge is 0.129 e. The van der Waals surface area contributed by atoms with Gasteiger partial charge in [-0.05, 0) is 23.9 Å². The molecule has 0 aromatic carbocycles. The molecule has 0 radical (unpaired) electrons. The van der Waals surface area contributed by atoms with Crippen LogP contribution in [0.5, 0.6) is 0 Å². The summed E-state index contributed by atoms with van der Waals surface area (Å²) in [5, 5.41) is 0.495. The summed E-state index contributed by atoms with van der Waals surface area (Å²) in [6.45, 7) is 0. The number of aromatic nitrogens is 1. The molecular formula is C7H7ClN2. The van der Waals surface area contributed by atoms with Crippen LogP contribution in [0.25, 0.3) is 6.08 Å². The van der Waals surface area contributed by atoms with Crippen molar-refractivity contribution >= 4 is 17.7 Å². The lowest BCUT2D eigenvalue weighted by atomic mass is 10.3. The van der Waals surface area contributed by atoms with Gasteiger partial charge in [0.25, 0.3) is 0 Å². The van der Waals surface area contributed by atoms with E-state index in [4.69, 9.17) is 17.3 Å². The largest absolute Gasteiger partial charge is 0.405 e. The van der Waals surface area contributed by atoms with Crippen molar-refractivity contribution in [3.05, 3.63) is 35.2 Å². The Balaban J connectivity index is 2.89. The van der Waals surface area contributed by atoms with E-state index in [0.717, 1.165) is 5.56 Å². The zero-order valence-electron chi connectivity index (χ0n) is 5.29. The third kappa shape index (κ3) is 1.74. The normalized spacial score (nSPS) is 10.5. The maximum absolute atomic E-state index is 5.55. The summed E-state index contributed by atoms with van der Waals surface area (Å²) in [6, 6.07) is 3.57. The molecule has 2 N–H and O–H groups in total. The molecule has 2 nitrogen and oxygen atoms in total. The zero-order chi connectivity index (χ0) is 7.40. The van der Waals surface area contributed by atoms with Gasteiger partial charge in [0.05, 0.1) is 0 Å². The van der Waals surface area contributed by atoms with Crippen molar-refractivity contribution in [1.82, 2.24) is 4.98 Å². The Kier molecular flexibility index (Phi) is 2.29. The molecule has 0 aliphatic carbocycles. The van der Waals surface area contributed by atoms with Gasteiger partial charge in [0, 0.05) is 6.20 Å². The Morgan fingerprint density at radius 1 is 1.50 bits per heavy atom. The molecule has 1 aromatic heterocycles. The molecule has 1 heterocycles. The van der Waals surface area contributed by atoms with Crippen LogP contribution in [0.15, 0.2) is 24.5 Å². The van der Waals surface area contributed by atoms with Gasteiger partial charge in [0.15, 0.2) is 0 Å². The molecule has 0 saturated carbocycles. The quantitative estimate of drug-likeness (QED) is 0.625. The summed E-state index contributed by atoms with van der Waals surface area (Å²) >= 11 is 5.55. The van der Waals surface area contributed by atoms with Gasteiger partial charge in [-0.1, -0.05) is 17.7 Å². The molecule has 1 rings (SSSR count). The minimum absolute atomic E-state index is 0.495. The molecule has 0 saturated heterocycles. The minimum Gasteiger partial charge on any atom is -0.405 e. The van der Waals surface area contributed by atoms with Crippen molar-refractivity contribution in [2.75, 3.05) is 0 Å². The highest BCUT2D eigenvalue weighted by atomic mass is 35.5. The SMILES string of the molecule is NC=Cc1ccc(Cl)nc1. The topological polar surface area (TPSA) is 38.9 Å². The molecule has 0 bridgehead atoms. The predicted octanol–water partition coefficient (Wildman–Crippen LogP) is 1.66. The first-order chi connectivity index (χ1) is 4.83. The lowest BCUT2D eigenvalue weighted by Crippen LogP contribution is -1.79. The number of rotatable bonds is 1. The second kappa shape index (κ2) is 3.22. The highest BCUT2D eigenvalue weighted by Gasteiger charge is 1.86. The van der Waals surface area contributed by atoms with Gasteiger partial charge in [-0.3, -0.25) is 0 Å². The van der Waals surface area contributed by atoms with Crippen LogP contribution < -0.4 is 5.73 Å². The second-order valence-corrected chi connectivity index (χ2v) is 2.16.